The second-order valence-electron chi connectivity index (χ2n) is 6.82. The van der Waals surface area contributed by atoms with Gasteiger partial charge in [0.1, 0.15) is 0 Å². The van der Waals surface area contributed by atoms with Crippen molar-refractivity contribution >= 4 is 35.8 Å². The maximum Gasteiger partial charge on any atom is 0.250 e. The Morgan fingerprint density at radius 3 is 2.55 bits per heavy atom. The van der Waals surface area contributed by atoms with Crippen LogP contribution in [0.1, 0.15) is 11.3 Å². The van der Waals surface area contributed by atoms with Crippen LogP contribution in [0.3, 0.4) is 0 Å². The van der Waals surface area contributed by atoms with Crippen molar-refractivity contribution in [3.8, 4) is 5.95 Å². The number of hydrogen-bond donors (Lipinski definition) is 0. The second-order valence-corrected chi connectivity index (χ2v) is 7.25. The average molecular weight is 431 g/mol. The molecule has 0 spiro atoms. The molecule has 1 aromatic carbocycles. The molecule has 0 saturated carbocycles. The van der Waals surface area contributed by atoms with Gasteiger partial charge in [-0.3, -0.25) is 4.90 Å². The molecule has 152 valence electrons. The third-order valence-corrected chi connectivity index (χ3v) is 5.23. The molecule has 0 aliphatic carbocycles. The molecular formula is C21H24Cl2N6. The van der Waals surface area contributed by atoms with Gasteiger partial charge in [0.05, 0.1) is 11.9 Å². The van der Waals surface area contributed by atoms with E-state index >= 15 is 0 Å². The topological polar surface area (TPSA) is 50.1 Å². The molecule has 0 N–H and O–H groups in total. The molecule has 6 nitrogen and oxygen atoms in total. The summed E-state index contributed by atoms with van der Waals surface area (Å²) in [7, 11) is 0. The maximum atomic E-state index is 6.11. The minimum Gasteiger partial charge on any atom is -0.369 e. The minimum atomic E-state index is 0. The van der Waals surface area contributed by atoms with E-state index in [0.717, 1.165) is 49.0 Å². The summed E-state index contributed by atoms with van der Waals surface area (Å²) in [5, 5.41) is 5.20. The van der Waals surface area contributed by atoms with Crippen LogP contribution >= 0.6 is 24.0 Å². The standard InChI is InChI=1S/C21H23ClN6.ClH/c1-17-18(16-25-28(17)21-23-8-4-9-24-21)5-3-10-26-11-13-27(14-12-26)20-7-2-6-19(22)15-20;/h2-9,15-16H,10-14H2,1H3;1H. The van der Waals surface area contributed by atoms with Crippen molar-refractivity contribution in [2.24, 2.45) is 0 Å². The summed E-state index contributed by atoms with van der Waals surface area (Å²) < 4.78 is 1.77. The van der Waals surface area contributed by atoms with Crippen molar-refractivity contribution < 1.29 is 0 Å². The molecule has 2 aromatic heterocycles. The van der Waals surface area contributed by atoms with Crippen LogP contribution in [0, 0.1) is 6.92 Å². The molecule has 0 radical (unpaired) electrons. The van der Waals surface area contributed by atoms with Crippen LogP contribution in [0.25, 0.3) is 12.0 Å². The molecule has 0 unspecified atom stereocenters. The van der Waals surface area contributed by atoms with Gasteiger partial charge in [-0.05, 0) is 31.2 Å². The van der Waals surface area contributed by atoms with E-state index in [1.807, 2.05) is 31.3 Å². The Kier molecular flexibility index (Phi) is 7.25. The van der Waals surface area contributed by atoms with Gasteiger partial charge in [-0.15, -0.1) is 12.4 Å². The number of anilines is 1. The van der Waals surface area contributed by atoms with Crippen LogP contribution in [0.5, 0.6) is 0 Å². The first-order valence-corrected chi connectivity index (χ1v) is 9.80. The van der Waals surface area contributed by atoms with E-state index in [2.05, 4.69) is 43.1 Å². The smallest absolute Gasteiger partial charge is 0.250 e. The van der Waals surface area contributed by atoms with Gasteiger partial charge in [-0.2, -0.15) is 5.10 Å². The van der Waals surface area contributed by atoms with E-state index in [1.54, 1.807) is 23.1 Å². The van der Waals surface area contributed by atoms with Crippen molar-refractivity contribution in [1.82, 2.24) is 24.6 Å². The van der Waals surface area contributed by atoms with Crippen LogP contribution in [0.2, 0.25) is 5.02 Å². The second kappa shape index (κ2) is 9.87. The molecular weight excluding hydrogens is 407 g/mol. The van der Waals surface area contributed by atoms with Crippen LogP contribution in [0.4, 0.5) is 5.69 Å². The van der Waals surface area contributed by atoms with Crippen LogP contribution in [-0.2, 0) is 0 Å². The van der Waals surface area contributed by atoms with Crippen molar-refractivity contribution in [1.29, 1.82) is 0 Å². The van der Waals surface area contributed by atoms with Gasteiger partial charge in [-0.25, -0.2) is 14.6 Å². The molecule has 0 bridgehead atoms. The normalized spacial score (nSPS) is 14.9. The molecule has 4 rings (SSSR count). The predicted molar refractivity (Wildman–Crippen MR) is 120 cm³/mol. The highest BCUT2D eigenvalue weighted by atomic mass is 35.5. The molecule has 29 heavy (non-hydrogen) atoms. The van der Waals surface area contributed by atoms with Crippen LogP contribution < -0.4 is 4.90 Å². The zero-order valence-corrected chi connectivity index (χ0v) is 17.9. The number of piperazine rings is 1. The third-order valence-electron chi connectivity index (χ3n) is 5.00. The van der Waals surface area contributed by atoms with Crippen LogP contribution in [-0.4, -0.2) is 57.4 Å². The van der Waals surface area contributed by atoms with Gasteiger partial charge in [0.15, 0.2) is 0 Å². The predicted octanol–water partition coefficient (Wildman–Crippen LogP) is 3.88. The molecule has 0 atom stereocenters. The lowest BCUT2D eigenvalue weighted by Crippen LogP contribution is -2.46. The number of nitrogens with zero attached hydrogens (tertiary/aromatic N) is 6. The van der Waals surface area contributed by atoms with E-state index in [1.165, 1.54) is 5.69 Å². The van der Waals surface area contributed by atoms with E-state index in [0.29, 0.717) is 5.95 Å². The summed E-state index contributed by atoms with van der Waals surface area (Å²) in [5.41, 5.74) is 3.33. The number of halogens is 2. The molecule has 0 amide bonds. The third kappa shape index (κ3) is 5.15. The Morgan fingerprint density at radius 2 is 1.83 bits per heavy atom. The van der Waals surface area contributed by atoms with E-state index < -0.39 is 0 Å². The first-order valence-electron chi connectivity index (χ1n) is 9.42. The average Bonchev–Trinajstić information content (AvgIpc) is 3.10. The quantitative estimate of drug-likeness (QED) is 0.614. The fraction of sp³-hybridized carbons (Fsp3) is 0.286. The fourth-order valence-electron chi connectivity index (χ4n) is 3.38. The monoisotopic (exact) mass is 430 g/mol. The van der Waals surface area contributed by atoms with Gasteiger partial charge < -0.3 is 4.90 Å². The van der Waals surface area contributed by atoms with E-state index in [-0.39, 0.29) is 12.4 Å². The Bertz CT molecular complexity index is 949. The van der Waals surface area contributed by atoms with Gasteiger partial charge in [0.25, 0.3) is 5.95 Å². The van der Waals surface area contributed by atoms with Gasteiger partial charge in [0.2, 0.25) is 0 Å². The summed E-state index contributed by atoms with van der Waals surface area (Å²) in [6, 6.07) is 9.89. The largest absolute Gasteiger partial charge is 0.369 e. The lowest BCUT2D eigenvalue weighted by molar-refractivity contribution is 0.284. The first-order chi connectivity index (χ1) is 13.7. The first kappa shape index (κ1) is 21.3. The molecule has 3 aromatic rings. The number of aromatic nitrogens is 4. The molecule has 1 aliphatic heterocycles. The lowest BCUT2D eigenvalue weighted by atomic mass is 10.2. The maximum absolute atomic E-state index is 6.11. The summed E-state index contributed by atoms with van der Waals surface area (Å²) >= 11 is 6.11. The zero-order valence-electron chi connectivity index (χ0n) is 16.3. The Hall–Kier alpha value is -2.41. The highest BCUT2D eigenvalue weighted by molar-refractivity contribution is 6.30. The summed E-state index contributed by atoms with van der Waals surface area (Å²) in [6.45, 7) is 7.05. The van der Waals surface area contributed by atoms with Crippen molar-refractivity contribution in [2.45, 2.75) is 6.92 Å². The highest BCUT2D eigenvalue weighted by Crippen LogP contribution is 2.21. The Labute approximate surface area is 182 Å². The SMILES string of the molecule is Cc1c(C=CCN2CCN(c3cccc(Cl)c3)CC2)cnn1-c1ncccn1.Cl. The molecule has 8 heteroatoms. The highest BCUT2D eigenvalue weighted by Gasteiger charge is 2.16. The summed E-state index contributed by atoms with van der Waals surface area (Å²) in [5.74, 6) is 0.594. The van der Waals surface area contributed by atoms with Crippen molar-refractivity contribution in [3.63, 3.8) is 0 Å². The molecule has 1 aliphatic rings. The molecule has 3 heterocycles. The van der Waals surface area contributed by atoms with Crippen LogP contribution in [0.15, 0.2) is 55.0 Å². The number of hydrogen-bond acceptors (Lipinski definition) is 5. The fourth-order valence-corrected chi connectivity index (χ4v) is 3.56. The summed E-state index contributed by atoms with van der Waals surface area (Å²) in [4.78, 5) is 13.4. The number of rotatable bonds is 5. The van der Waals surface area contributed by atoms with Gasteiger partial charge in [-0.1, -0.05) is 29.8 Å². The Balaban J connectivity index is 0.00000240. The van der Waals surface area contributed by atoms with Crippen molar-refractivity contribution in [3.05, 3.63) is 71.3 Å². The number of benzene rings is 1. The summed E-state index contributed by atoms with van der Waals surface area (Å²) in [6.07, 6.45) is 9.64. The van der Waals surface area contributed by atoms with Gasteiger partial charge >= 0.3 is 0 Å². The van der Waals surface area contributed by atoms with E-state index in [4.69, 9.17) is 11.6 Å². The minimum absolute atomic E-state index is 0. The molecule has 1 saturated heterocycles. The lowest BCUT2D eigenvalue weighted by Gasteiger charge is -2.35. The van der Waals surface area contributed by atoms with Crippen molar-refractivity contribution in [2.75, 3.05) is 37.6 Å². The van der Waals surface area contributed by atoms with Gasteiger partial charge in [0, 0.05) is 61.4 Å². The van der Waals surface area contributed by atoms with E-state index in [9.17, 15) is 0 Å². The Morgan fingerprint density at radius 1 is 1.07 bits per heavy atom. The molecule has 1 fully saturated rings. The zero-order chi connectivity index (χ0) is 19.3.